The first-order valence-electron chi connectivity index (χ1n) is 8.98. The van der Waals surface area contributed by atoms with E-state index in [4.69, 9.17) is 9.78 Å². The first-order valence-corrected chi connectivity index (χ1v) is 8.98. The summed E-state index contributed by atoms with van der Waals surface area (Å²) in [6.45, 7) is 0.319. The van der Waals surface area contributed by atoms with Crippen LogP contribution in [0.4, 0.5) is 0 Å². The van der Waals surface area contributed by atoms with Crippen molar-refractivity contribution in [3.63, 3.8) is 0 Å². The average Bonchev–Trinajstić information content (AvgIpc) is 2.66. The normalized spacial score (nSPS) is 32.7. The van der Waals surface area contributed by atoms with E-state index >= 15 is 0 Å². The molecule has 1 saturated heterocycles. The molecule has 2 heterocycles. The van der Waals surface area contributed by atoms with Gasteiger partial charge in [-0.3, -0.25) is 4.79 Å². The van der Waals surface area contributed by atoms with Gasteiger partial charge in [-0.1, -0.05) is 42.5 Å². The Morgan fingerprint density at radius 1 is 1.04 bits per heavy atom. The van der Waals surface area contributed by atoms with Crippen molar-refractivity contribution in [3.8, 4) is 0 Å². The van der Waals surface area contributed by atoms with Crippen LogP contribution in [0.25, 0.3) is 0 Å². The number of carboxylic acids is 1. The second kappa shape index (κ2) is 9.91. The third-order valence-electron chi connectivity index (χ3n) is 4.48. The van der Waals surface area contributed by atoms with Crippen molar-refractivity contribution in [1.82, 2.24) is 5.32 Å². The highest BCUT2D eigenvalue weighted by molar-refractivity contribution is 5.79. The molecule has 4 bridgehead atoms. The van der Waals surface area contributed by atoms with Crippen molar-refractivity contribution in [2.45, 2.75) is 31.7 Å². The lowest BCUT2D eigenvalue weighted by molar-refractivity contribution is -0.625. The maximum atomic E-state index is 11.6. The Morgan fingerprint density at radius 2 is 1.89 bits per heavy atom. The fraction of sp³-hybridized carbons (Fsp3) is 0.350. The molecule has 0 aromatic heterocycles. The molecule has 27 heavy (non-hydrogen) atoms. The Balaban J connectivity index is 1.76. The maximum absolute atomic E-state index is 11.6. The highest BCUT2D eigenvalue weighted by Crippen LogP contribution is 2.27. The largest absolute Gasteiger partial charge is 0.480 e. The summed E-state index contributed by atoms with van der Waals surface area (Å²) in [5.41, 5.74) is 1.75. The lowest BCUT2D eigenvalue weighted by atomic mass is 9.92. The van der Waals surface area contributed by atoms with Gasteiger partial charge in [0.2, 0.25) is 0 Å². The van der Waals surface area contributed by atoms with Gasteiger partial charge in [-0.25, -0.2) is 4.89 Å². The summed E-state index contributed by atoms with van der Waals surface area (Å²) >= 11 is 0. The van der Waals surface area contributed by atoms with Crippen LogP contribution in [-0.4, -0.2) is 23.7 Å². The Hall–Kier alpha value is -2.61. The van der Waals surface area contributed by atoms with Gasteiger partial charge in [-0.15, -0.1) is 0 Å². The highest BCUT2D eigenvalue weighted by Gasteiger charge is 2.29. The van der Waals surface area contributed by atoms with Crippen molar-refractivity contribution >= 4 is 5.97 Å². The summed E-state index contributed by atoms with van der Waals surface area (Å²) in [5.74, 6) is -1.94. The van der Waals surface area contributed by atoms with Gasteiger partial charge in [0.1, 0.15) is 5.92 Å². The monoisotopic (exact) mass is 373 g/mol. The third kappa shape index (κ3) is 5.68. The van der Waals surface area contributed by atoms with Crippen molar-refractivity contribution in [2.75, 3.05) is 6.61 Å². The van der Waals surface area contributed by atoms with E-state index in [-0.39, 0.29) is 5.76 Å². The minimum absolute atomic E-state index is 0.103. The molecule has 0 spiro atoms. The fourth-order valence-electron chi connectivity index (χ4n) is 3.16. The van der Waals surface area contributed by atoms with E-state index in [0.29, 0.717) is 18.2 Å². The van der Waals surface area contributed by atoms with Crippen molar-refractivity contribution in [1.29, 1.82) is 0 Å². The van der Waals surface area contributed by atoms with Crippen LogP contribution in [0.15, 0.2) is 71.7 Å². The van der Waals surface area contributed by atoms with Gasteiger partial charge in [-0.2, -0.15) is 0 Å². The number of hydrogen-bond acceptors (Lipinski definition) is 6. The summed E-state index contributed by atoms with van der Waals surface area (Å²) in [5, 5.41) is 22.1. The molecular formula is C20H23NO6. The van der Waals surface area contributed by atoms with Gasteiger partial charge in [-0.05, 0) is 48.4 Å². The molecule has 7 heteroatoms. The van der Waals surface area contributed by atoms with E-state index in [1.807, 2.05) is 18.2 Å². The van der Waals surface area contributed by atoms with Gasteiger partial charge in [0.25, 0.3) is 0 Å². The number of nitrogens with one attached hydrogen (secondary N) is 1. The molecule has 144 valence electrons. The molecule has 1 aliphatic carbocycles. The third-order valence-corrected chi connectivity index (χ3v) is 4.48. The van der Waals surface area contributed by atoms with Crippen LogP contribution < -0.4 is 5.32 Å². The molecular weight excluding hydrogens is 350 g/mol. The van der Waals surface area contributed by atoms with Crippen LogP contribution in [0.5, 0.6) is 0 Å². The predicted octanol–water partition coefficient (Wildman–Crippen LogP) is 3.42. The van der Waals surface area contributed by atoms with Gasteiger partial charge < -0.3 is 15.3 Å². The average molecular weight is 373 g/mol. The van der Waals surface area contributed by atoms with Crippen molar-refractivity contribution < 1.29 is 29.8 Å². The van der Waals surface area contributed by atoms with Crippen LogP contribution in [0.2, 0.25) is 0 Å². The quantitative estimate of drug-likeness (QED) is 0.681. The lowest BCUT2D eigenvalue weighted by Gasteiger charge is -2.26. The topological polar surface area (TPSA) is 86.3 Å². The number of carbonyl (C=O) groups is 1. The van der Waals surface area contributed by atoms with Gasteiger partial charge in [0, 0.05) is 16.8 Å². The van der Waals surface area contributed by atoms with Crippen LogP contribution in [0.1, 0.15) is 25.7 Å². The minimum atomic E-state index is -1.05. The predicted molar refractivity (Wildman–Crippen MR) is 97.4 cm³/mol. The number of piperidine rings is 1. The summed E-state index contributed by atoms with van der Waals surface area (Å²) in [7, 11) is 0. The van der Waals surface area contributed by atoms with E-state index in [2.05, 4.69) is 21.5 Å². The Labute approximate surface area is 157 Å². The Kier molecular flexibility index (Phi) is 7.04. The maximum Gasteiger partial charge on any atom is 0.318 e. The van der Waals surface area contributed by atoms with Gasteiger partial charge in [0.15, 0.2) is 5.76 Å². The molecule has 0 aromatic carbocycles. The second-order valence-electron chi connectivity index (χ2n) is 6.39. The van der Waals surface area contributed by atoms with Crippen LogP contribution >= 0.6 is 0 Å². The SMILES string of the molecule is O=C(O)C1C2=CC=C/C1=C/C=C\C=C/C=C1/CCCC(CCOOOO2)N1. The molecule has 0 amide bonds. The lowest BCUT2D eigenvalue weighted by Crippen LogP contribution is -2.33. The molecule has 2 aliphatic heterocycles. The number of fused-ring (bicyclic) bond motifs is 4. The van der Waals surface area contributed by atoms with Crippen LogP contribution in [0, 0.1) is 5.92 Å². The zero-order valence-corrected chi connectivity index (χ0v) is 14.9. The van der Waals surface area contributed by atoms with Crippen LogP contribution in [0.3, 0.4) is 0 Å². The molecule has 2 atom stereocenters. The number of carboxylic acid groups (broad SMARTS) is 1. The molecule has 0 saturated carbocycles. The molecule has 1 fully saturated rings. The number of rotatable bonds is 1. The highest BCUT2D eigenvalue weighted by atomic mass is 17.7. The van der Waals surface area contributed by atoms with Crippen LogP contribution in [-0.2, 0) is 24.6 Å². The zero-order valence-electron chi connectivity index (χ0n) is 14.9. The Morgan fingerprint density at radius 3 is 2.74 bits per heavy atom. The second-order valence-corrected chi connectivity index (χ2v) is 6.39. The molecule has 2 N–H and O–H groups in total. The van der Waals surface area contributed by atoms with E-state index in [1.54, 1.807) is 24.3 Å². The van der Waals surface area contributed by atoms with E-state index in [1.165, 1.54) is 11.8 Å². The molecule has 2 unspecified atom stereocenters. The Bertz CT molecular complexity index is 716. The number of allylic oxidation sites excluding steroid dienone is 10. The standard InChI is InChI=1S/C20H23NO6/c22-20(23)19-15-7-3-1-2-4-9-16-10-6-11-17(21-16)13-14-24-26-27-25-18(19)12-5-8-15/h1-5,7-9,12,17,19,21H,6,10-11,13-14H2,(H,22,23)/b3-1-,4-2-,15-7-,16-9-. The first-order chi connectivity index (χ1) is 13.2. The summed E-state index contributed by atoms with van der Waals surface area (Å²) in [6, 6.07) is 0.311. The minimum Gasteiger partial charge on any atom is -0.480 e. The molecule has 0 radical (unpaired) electrons. The van der Waals surface area contributed by atoms with Gasteiger partial charge >= 0.3 is 5.97 Å². The van der Waals surface area contributed by atoms with Crippen molar-refractivity contribution in [3.05, 3.63) is 71.7 Å². The first kappa shape index (κ1) is 19.2. The molecule has 3 aliphatic rings. The molecule has 7 nitrogen and oxygen atoms in total. The zero-order chi connectivity index (χ0) is 18.9. The molecule has 3 rings (SSSR count). The fourth-order valence-corrected chi connectivity index (χ4v) is 3.16. The summed E-state index contributed by atoms with van der Waals surface area (Å²) in [6.07, 6.45) is 20.2. The summed E-state index contributed by atoms with van der Waals surface area (Å²) in [4.78, 5) is 21.6. The van der Waals surface area contributed by atoms with E-state index < -0.39 is 11.9 Å². The van der Waals surface area contributed by atoms with Crippen molar-refractivity contribution in [2.24, 2.45) is 5.92 Å². The van der Waals surface area contributed by atoms with E-state index in [0.717, 1.165) is 25.7 Å². The smallest absolute Gasteiger partial charge is 0.318 e. The number of hydrogen-bond donors (Lipinski definition) is 2. The number of aliphatic carboxylic acids is 1. The summed E-state index contributed by atoms with van der Waals surface area (Å²) < 4.78 is 0. The van der Waals surface area contributed by atoms with E-state index in [9.17, 15) is 9.90 Å². The molecule has 0 aromatic rings. The van der Waals surface area contributed by atoms with Gasteiger partial charge in [0.05, 0.1) is 6.61 Å².